The molecule has 0 heterocycles. The Balaban J connectivity index is 2.01. The van der Waals surface area contributed by atoms with Gasteiger partial charge in [0, 0.05) is 0 Å². The monoisotopic (exact) mass is 288 g/mol. The van der Waals surface area contributed by atoms with Gasteiger partial charge in [-0.3, -0.25) is 0 Å². The lowest BCUT2D eigenvalue weighted by atomic mass is 9.81. The second-order valence-corrected chi connectivity index (χ2v) is 6.35. The van der Waals surface area contributed by atoms with E-state index in [1.165, 1.54) is 32.5 Å². The largest absolute Gasteiger partial charge is 0.390 e. The van der Waals surface area contributed by atoms with Gasteiger partial charge in [-0.1, -0.05) is 42.5 Å². The maximum Gasteiger partial charge on any atom is 0.105 e. The highest BCUT2D eigenvalue weighted by atomic mass is 16.3. The molecule has 1 aliphatic carbocycles. The summed E-state index contributed by atoms with van der Waals surface area (Å²) in [4.78, 5) is 0. The fourth-order valence-electron chi connectivity index (χ4n) is 4.09. The third kappa shape index (κ3) is 1.46. The van der Waals surface area contributed by atoms with Crippen molar-refractivity contribution in [1.82, 2.24) is 0 Å². The minimum Gasteiger partial charge on any atom is -0.390 e. The number of rotatable bonds is 0. The normalized spacial score (nSPS) is 21.7. The van der Waals surface area contributed by atoms with E-state index in [0.29, 0.717) is 6.42 Å². The molecule has 0 unspecified atom stereocenters. The summed E-state index contributed by atoms with van der Waals surface area (Å²) >= 11 is 0. The van der Waals surface area contributed by atoms with E-state index in [1.807, 2.05) is 0 Å². The minimum atomic E-state index is -0.773. The topological polar surface area (TPSA) is 40.5 Å². The highest BCUT2D eigenvalue weighted by molar-refractivity contribution is 6.23. The number of hydrogen-bond donors (Lipinski definition) is 2. The zero-order valence-electron chi connectivity index (χ0n) is 12.1. The van der Waals surface area contributed by atoms with Crippen LogP contribution >= 0.6 is 0 Å². The van der Waals surface area contributed by atoms with Gasteiger partial charge in [-0.15, -0.1) is 0 Å². The van der Waals surface area contributed by atoms with Crippen LogP contribution in [0.25, 0.3) is 32.3 Å². The first kappa shape index (κ1) is 12.4. The quantitative estimate of drug-likeness (QED) is 0.481. The molecule has 22 heavy (non-hydrogen) atoms. The van der Waals surface area contributed by atoms with Crippen LogP contribution in [0.4, 0.5) is 0 Å². The van der Waals surface area contributed by atoms with E-state index in [1.54, 1.807) is 0 Å². The lowest BCUT2D eigenvalue weighted by Gasteiger charge is -2.28. The van der Waals surface area contributed by atoms with Gasteiger partial charge in [-0.25, -0.2) is 0 Å². The fraction of sp³-hybridized carbons (Fsp3) is 0.200. The highest BCUT2D eigenvalue weighted by Gasteiger charge is 2.28. The van der Waals surface area contributed by atoms with E-state index >= 15 is 0 Å². The molecule has 1 aliphatic rings. The average molecular weight is 288 g/mol. The Hall–Kier alpha value is -2.16. The van der Waals surface area contributed by atoms with Crippen molar-refractivity contribution in [2.24, 2.45) is 0 Å². The Morgan fingerprint density at radius 2 is 1.55 bits per heavy atom. The van der Waals surface area contributed by atoms with Crippen LogP contribution in [0.5, 0.6) is 0 Å². The van der Waals surface area contributed by atoms with Crippen LogP contribution in [0.1, 0.15) is 23.7 Å². The molecule has 2 heteroatoms. The average Bonchev–Trinajstić information content (AvgIpc) is 2.56. The minimum absolute atomic E-state index is 0.623. The van der Waals surface area contributed by atoms with E-state index in [0.717, 1.165) is 17.4 Å². The highest BCUT2D eigenvalue weighted by Crippen LogP contribution is 2.41. The molecule has 0 saturated carbocycles. The summed E-state index contributed by atoms with van der Waals surface area (Å²) in [6.45, 7) is 0. The zero-order valence-corrected chi connectivity index (χ0v) is 12.1. The van der Waals surface area contributed by atoms with Gasteiger partial charge in [0.2, 0.25) is 0 Å². The number of aryl methyl sites for hydroxylation is 1. The number of benzene rings is 4. The van der Waals surface area contributed by atoms with Crippen LogP contribution in [0.15, 0.2) is 48.5 Å². The lowest BCUT2D eigenvalue weighted by Crippen LogP contribution is -2.25. The summed E-state index contributed by atoms with van der Waals surface area (Å²) in [7, 11) is 0. The van der Waals surface area contributed by atoms with E-state index in [2.05, 4.69) is 48.5 Å². The molecular formula is C20H16O2. The maximum absolute atomic E-state index is 10.4. The number of aliphatic hydroxyl groups excluding tert-OH is 2. The third-order valence-corrected chi connectivity index (χ3v) is 5.17. The van der Waals surface area contributed by atoms with Crippen LogP contribution in [0.3, 0.4) is 0 Å². The molecule has 2 atom stereocenters. The molecular weight excluding hydrogens is 272 g/mol. The molecule has 2 nitrogen and oxygen atoms in total. The molecule has 4 aromatic rings. The predicted octanol–water partition coefficient (Wildman–Crippen LogP) is 3.92. The molecule has 5 rings (SSSR count). The third-order valence-electron chi connectivity index (χ3n) is 5.17. The molecule has 0 saturated heterocycles. The molecule has 0 amide bonds. The molecule has 0 fully saturated rings. The van der Waals surface area contributed by atoms with Gasteiger partial charge in [0.05, 0.1) is 6.10 Å². The molecule has 108 valence electrons. The molecule has 0 radical (unpaired) electrons. The molecule has 0 spiro atoms. The van der Waals surface area contributed by atoms with Gasteiger partial charge >= 0.3 is 0 Å². The molecule has 2 N–H and O–H groups in total. The van der Waals surface area contributed by atoms with Gasteiger partial charge < -0.3 is 10.2 Å². The summed E-state index contributed by atoms with van der Waals surface area (Å²) in [5.74, 6) is 0. The smallest absolute Gasteiger partial charge is 0.105 e. The van der Waals surface area contributed by atoms with Crippen LogP contribution in [0.2, 0.25) is 0 Å². The van der Waals surface area contributed by atoms with Crippen molar-refractivity contribution in [3.05, 3.63) is 59.7 Å². The second-order valence-electron chi connectivity index (χ2n) is 6.35. The SMILES string of the molecule is O[C@H]1CCc2c(cc3ccc4cccc5ccc2c3c45)[C@@H]1O. The molecule has 4 aromatic carbocycles. The van der Waals surface area contributed by atoms with Gasteiger partial charge in [0.15, 0.2) is 0 Å². The Morgan fingerprint density at radius 3 is 2.36 bits per heavy atom. The molecule has 0 bridgehead atoms. The van der Waals surface area contributed by atoms with Crippen molar-refractivity contribution in [2.75, 3.05) is 0 Å². The van der Waals surface area contributed by atoms with Gasteiger partial charge in [-0.05, 0) is 62.4 Å². The van der Waals surface area contributed by atoms with Gasteiger partial charge in [0.25, 0.3) is 0 Å². The molecule has 0 aliphatic heterocycles. The second kappa shape index (κ2) is 4.19. The number of aliphatic hydroxyl groups is 2. The first-order chi connectivity index (χ1) is 10.7. The maximum atomic E-state index is 10.4. The fourth-order valence-corrected chi connectivity index (χ4v) is 4.09. The van der Waals surface area contributed by atoms with Crippen molar-refractivity contribution >= 4 is 32.3 Å². The van der Waals surface area contributed by atoms with Gasteiger partial charge in [-0.2, -0.15) is 0 Å². The Kier molecular flexibility index (Phi) is 2.36. The van der Waals surface area contributed by atoms with Crippen LogP contribution < -0.4 is 0 Å². The van der Waals surface area contributed by atoms with E-state index in [4.69, 9.17) is 0 Å². The summed E-state index contributed by atoms with van der Waals surface area (Å²) in [6.07, 6.45) is 0.0197. The predicted molar refractivity (Wildman–Crippen MR) is 89.4 cm³/mol. The summed E-state index contributed by atoms with van der Waals surface area (Å²) in [5.41, 5.74) is 2.09. The Bertz CT molecular complexity index is 1000. The van der Waals surface area contributed by atoms with Crippen LogP contribution in [-0.4, -0.2) is 16.3 Å². The van der Waals surface area contributed by atoms with Crippen molar-refractivity contribution in [3.8, 4) is 0 Å². The van der Waals surface area contributed by atoms with E-state index < -0.39 is 12.2 Å². The summed E-state index contributed by atoms with van der Waals surface area (Å²) in [5, 5.41) is 27.8. The van der Waals surface area contributed by atoms with Crippen molar-refractivity contribution in [3.63, 3.8) is 0 Å². The van der Waals surface area contributed by atoms with Crippen molar-refractivity contribution in [1.29, 1.82) is 0 Å². The Labute approximate surface area is 127 Å². The first-order valence-electron chi connectivity index (χ1n) is 7.79. The van der Waals surface area contributed by atoms with E-state index in [9.17, 15) is 10.2 Å². The number of hydrogen-bond acceptors (Lipinski definition) is 2. The van der Waals surface area contributed by atoms with Crippen molar-refractivity contribution < 1.29 is 10.2 Å². The number of fused-ring (bicyclic) bond motifs is 2. The summed E-state index contributed by atoms with van der Waals surface area (Å²) in [6, 6.07) is 17.1. The molecule has 0 aromatic heterocycles. The van der Waals surface area contributed by atoms with Gasteiger partial charge in [0.1, 0.15) is 6.10 Å². The standard InChI is InChI=1S/C20H16O2/c21-17-9-8-14-15-7-6-12-3-1-2-11-4-5-13(19(15)18(11)12)10-16(14)20(17)22/h1-7,10,17,20-22H,8-9H2/t17-,20-/m0/s1. The van der Waals surface area contributed by atoms with Crippen LogP contribution in [-0.2, 0) is 6.42 Å². The Morgan fingerprint density at radius 1 is 0.818 bits per heavy atom. The first-order valence-corrected chi connectivity index (χ1v) is 7.79. The lowest BCUT2D eigenvalue weighted by molar-refractivity contribution is 0.00683. The van der Waals surface area contributed by atoms with Crippen molar-refractivity contribution in [2.45, 2.75) is 25.0 Å². The summed E-state index contributed by atoms with van der Waals surface area (Å²) < 4.78 is 0. The van der Waals surface area contributed by atoms with E-state index in [-0.39, 0.29) is 0 Å². The zero-order chi connectivity index (χ0) is 14.8. The van der Waals surface area contributed by atoms with Crippen LogP contribution in [0, 0.1) is 0 Å².